The monoisotopic (exact) mass is 1290 g/mol. The number of thioether (sulfide) groups is 1. The summed E-state index contributed by atoms with van der Waals surface area (Å²) in [7, 11) is 6.42. The lowest BCUT2D eigenvalue weighted by Gasteiger charge is -2.41. The first-order valence-corrected chi connectivity index (χ1v) is 32.3. The lowest BCUT2D eigenvalue weighted by molar-refractivity contribution is -0.148. The van der Waals surface area contributed by atoms with Crippen LogP contribution in [-0.4, -0.2) is 231 Å². The Balaban J connectivity index is 3.38. The van der Waals surface area contributed by atoms with E-state index in [-0.39, 0.29) is 48.4 Å². The topological polar surface area (TPSA) is 395 Å². The van der Waals surface area contributed by atoms with Gasteiger partial charge in [0.25, 0.3) is 0 Å². The molecule has 0 bridgehead atoms. The zero-order valence-electron chi connectivity index (χ0n) is 55.8. The van der Waals surface area contributed by atoms with Crippen molar-refractivity contribution in [3.05, 3.63) is 0 Å². The number of carboxylic acids is 3. The van der Waals surface area contributed by atoms with Crippen molar-refractivity contribution < 1.29 is 82.6 Å². The van der Waals surface area contributed by atoms with Crippen LogP contribution in [0, 0.1) is 29.6 Å². The van der Waals surface area contributed by atoms with Crippen LogP contribution in [-0.2, 0) is 62.2 Å². The molecule has 1 aliphatic rings. The first-order chi connectivity index (χ1) is 41.6. The first kappa shape index (κ1) is 81.3. The Morgan fingerprint density at radius 3 is 1.73 bits per heavy atom. The number of likely N-dealkylation sites (tertiary alicyclic amines) is 1. The number of ether oxygens (including phenoxy) is 2. The van der Waals surface area contributed by atoms with Crippen LogP contribution < -0.4 is 37.6 Å². The van der Waals surface area contributed by atoms with Crippen molar-refractivity contribution in [3.8, 4) is 0 Å². The predicted molar refractivity (Wildman–Crippen MR) is 337 cm³/mol. The molecule has 0 aromatic heterocycles. The van der Waals surface area contributed by atoms with Gasteiger partial charge in [0.2, 0.25) is 47.3 Å². The molecule has 14 atom stereocenters. The number of aliphatic hydroxyl groups excluding tert-OH is 1. The predicted octanol–water partition coefficient (Wildman–Crippen LogP) is 1.94. The number of methoxy groups -OCH3 is 2. The number of nitrogens with two attached hydrogens (primary N) is 1. The molecule has 89 heavy (non-hydrogen) atoms. The molecule has 1 heterocycles. The third kappa shape index (κ3) is 25.1. The normalized spacial score (nSPS) is 18.0. The van der Waals surface area contributed by atoms with Crippen molar-refractivity contribution in [1.29, 1.82) is 0 Å². The first-order valence-electron chi connectivity index (χ1n) is 31.4. The summed E-state index contributed by atoms with van der Waals surface area (Å²) in [6.07, 6.45) is -0.796. The van der Waals surface area contributed by atoms with Crippen LogP contribution in [0.5, 0.6) is 0 Å². The molecule has 27 nitrogen and oxygen atoms in total. The second-order valence-electron chi connectivity index (χ2n) is 24.7. The quantitative estimate of drug-likeness (QED) is 0.0415. The minimum atomic E-state index is -1.91. The van der Waals surface area contributed by atoms with E-state index < -0.39 is 162 Å². The number of nitrogens with one attached hydrogen (secondary N) is 6. The van der Waals surface area contributed by atoms with Gasteiger partial charge in [-0.3, -0.25) is 52.8 Å². The maximum Gasteiger partial charge on any atom is 0.328 e. The van der Waals surface area contributed by atoms with E-state index in [0.717, 1.165) is 31.1 Å². The van der Waals surface area contributed by atoms with Crippen molar-refractivity contribution in [3.63, 3.8) is 0 Å². The van der Waals surface area contributed by atoms with Crippen LogP contribution in [0.15, 0.2) is 0 Å². The number of hydrogen-bond donors (Lipinski definition) is 11. The number of aliphatic carboxylic acids is 3. The zero-order valence-corrected chi connectivity index (χ0v) is 56.7. The van der Waals surface area contributed by atoms with Crippen LogP contribution in [0.1, 0.15) is 161 Å². The summed E-state index contributed by atoms with van der Waals surface area (Å²) in [6, 6.07) is -9.61. The fourth-order valence-electron chi connectivity index (χ4n) is 11.2. The van der Waals surface area contributed by atoms with Gasteiger partial charge in [-0.15, -0.1) is 11.8 Å². The van der Waals surface area contributed by atoms with Crippen LogP contribution >= 0.6 is 11.8 Å². The Morgan fingerprint density at radius 1 is 0.685 bits per heavy atom. The van der Waals surface area contributed by atoms with Gasteiger partial charge in [0.15, 0.2) is 0 Å². The summed E-state index contributed by atoms with van der Waals surface area (Å²) in [5.74, 6) is -11.4. The van der Waals surface area contributed by atoms with Gasteiger partial charge >= 0.3 is 17.9 Å². The van der Waals surface area contributed by atoms with Crippen molar-refractivity contribution in [2.75, 3.05) is 54.5 Å². The lowest BCUT2D eigenvalue weighted by atomic mass is 9.89. The van der Waals surface area contributed by atoms with Crippen LogP contribution in [0.4, 0.5) is 0 Å². The summed E-state index contributed by atoms with van der Waals surface area (Å²) in [6.45, 7) is 23.9. The number of aliphatic hydroxyl groups is 1. The molecule has 12 N–H and O–H groups in total. The molecular formula is C61H110N10O17S. The van der Waals surface area contributed by atoms with Gasteiger partial charge in [-0.2, -0.15) is 0 Å². The minimum absolute atomic E-state index is 0.0456. The maximum absolute atomic E-state index is 14.7. The van der Waals surface area contributed by atoms with Gasteiger partial charge in [0.05, 0.1) is 60.4 Å². The van der Waals surface area contributed by atoms with Crippen LogP contribution in [0.2, 0.25) is 0 Å². The van der Waals surface area contributed by atoms with Crippen LogP contribution in [0.25, 0.3) is 0 Å². The highest BCUT2D eigenvalue weighted by atomic mass is 32.2. The average molecular weight is 1290 g/mol. The molecule has 512 valence electrons. The summed E-state index contributed by atoms with van der Waals surface area (Å²) >= 11 is 1.13. The highest BCUT2D eigenvalue weighted by molar-refractivity contribution is 8.01. The maximum atomic E-state index is 14.7. The Labute approximate surface area is 531 Å². The molecule has 1 rings (SSSR count). The third-order valence-corrected chi connectivity index (χ3v) is 19.3. The molecule has 28 heteroatoms. The smallest absolute Gasteiger partial charge is 0.328 e. The van der Waals surface area contributed by atoms with E-state index in [1.807, 2.05) is 69.4 Å². The minimum Gasteiger partial charge on any atom is -0.481 e. The number of nitrogens with zero attached hydrogens (tertiary/aromatic N) is 3. The van der Waals surface area contributed by atoms with Crippen molar-refractivity contribution in [1.82, 2.24) is 46.6 Å². The van der Waals surface area contributed by atoms with Gasteiger partial charge in [-0.1, -0.05) is 102 Å². The number of rotatable bonds is 43. The van der Waals surface area contributed by atoms with Crippen molar-refractivity contribution in [2.45, 2.75) is 237 Å². The van der Waals surface area contributed by atoms with Gasteiger partial charge in [-0.25, -0.2) is 4.79 Å². The number of carboxylic acid groups (broad SMARTS) is 3. The van der Waals surface area contributed by atoms with E-state index in [9.17, 15) is 73.2 Å². The highest BCUT2D eigenvalue weighted by Gasteiger charge is 2.45. The number of amides is 8. The fourth-order valence-corrected chi connectivity index (χ4v) is 12.7. The van der Waals surface area contributed by atoms with E-state index >= 15 is 0 Å². The van der Waals surface area contributed by atoms with E-state index in [0.29, 0.717) is 38.0 Å². The fraction of sp³-hybridized carbons (Fsp3) is 0.820. The molecule has 0 saturated carbocycles. The molecule has 0 aromatic rings. The molecule has 0 radical (unpaired) electrons. The van der Waals surface area contributed by atoms with Gasteiger partial charge in [-0.05, 0) is 69.7 Å². The molecule has 14 unspecified atom stereocenters. The van der Waals surface area contributed by atoms with E-state index in [1.165, 1.54) is 28.1 Å². The Bertz CT molecular complexity index is 2320. The van der Waals surface area contributed by atoms with Gasteiger partial charge in [0.1, 0.15) is 30.2 Å². The molecule has 0 aliphatic carbocycles. The third-order valence-electron chi connectivity index (χ3n) is 17.4. The largest absolute Gasteiger partial charge is 0.481 e. The molecular weight excluding hydrogens is 1180 g/mol. The van der Waals surface area contributed by atoms with E-state index in [2.05, 4.69) is 50.6 Å². The SMILES string of the molecule is CCC(CC)CN(C)C(C(=O)NC(C(=O)N(C)C(C(C)CC)C(CC(=O)N1CCCC1C(OC)C(C)C(=O)NC(C(=O)NC(CCC(=O)O)C(=O)NC(CNC(=O)C(CN)NC(=O)C(CC(=O)O)SC(C)(CC)CC)C(=O)O)C(C)O)OC)C(C)C)C(C)C. The van der Waals surface area contributed by atoms with Crippen molar-refractivity contribution >= 4 is 76.9 Å². The second-order valence-corrected chi connectivity index (χ2v) is 26.4. The van der Waals surface area contributed by atoms with E-state index in [1.54, 1.807) is 16.8 Å². The highest BCUT2D eigenvalue weighted by Crippen LogP contribution is 2.37. The number of carbonyl (C=O) groups is 11. The van der Waals surface area contributed by atoms with Gasteiger partial charge < -0.3 is 77.3 Å². The average Bonchev–Trinajstić information content (AvgIpc) is 2.98. The molecule has 1 aliphatic heterocycles. The Hall–Kier alpha value is -5.68. The van der Waals surface area contributed by atoms with Gasteiger partial charge in [0, 0.05) is 58.6 Å². The number of hydrogen-bond acceptors (Lipinski definition) is 17. The summed E-state index contributed by atoms with van der Waals surface area (Å²) < 4.78 is 11.5. The number of carbonyl (C=O) groups excluding carboxylic acids is 8. The van der Waals surface area contributed by atoms with Crippen LogP contribution in [0.3, 0.4) is 0 Å². The number of likely N-dealkylation sites (N-methyl/N-ethyl adjacent to an activating group) is 2. The Morgan fingerprint density at radius 2 is 1.26 bits per heavy atom. The summed E-state index contributed by atoms with van der Waals surface area (Å²) in [4.78, 5) is 153. The summed E-state index contributed by atoms with van der Waals surface area (Å²) in [5.41, 5.74) is 5.79. The molecule has 1 fully saturated rings. The molecule has 1 saturated heterocycles. The standard InChI is InChI=1S/C61H110N10O17S/c1-18-35(10)51(70(15)59(84)48(33(6)7)67-58(83)50(34(8)9)69(14)32-38(19-2)20-3)43(87-16)28-45(73)71-27-23-24-42(71)52(88-17)36(11)53(78)68-49(37(12)72)57(82)64-39(25-26-46(74)75)55(80)66-41(60(85)86)31-63-54(79)40(30-62)65-56(81)44(29-47(76)77)89-61(13,21-4)22-5/h33-44,48-52,72H,18-32,62H2,1-17H3,(H,63,79)(H,64,82)(H,65,81)(H,66,80)(H,67,83)(H,68,78)(H,74,75)(H,76,77)(H,85,86). The zero-order chi connectivity index (χ0) is 68.4. The lowest BCUT2D eigenvalue weighted by Crippen LogP contribution is -2.61. The summed E-state index contributed by atoms with van der Waals surface area (Å²) in [5, 5.41) is 53.7. The molecule has 0 spiro atoms. The molecule has 8 amide bonds. The molecule has 0 aromatic carbocycles. The Kier molecular flexibility index (Phi) is 36.1. The second kappa shape index (κ2) is 39.6. The van der Waals surface area contributed by atoms with E-state index in [4.69, 9.17) is 15.2 Å². The van der Waals surface area contributed by atoms with Crippen molar-refractivity contribution in [2.24, 2.45) is 35.3 Å².